The van der Waals surface area contributed by atoms with Gasteiger partial charge in [0.05, 0.1) is 23.3 Å². The maximum atomic E-state index is 13.8. The quantitative estimate of drug-likeness (QED) is 0.620. The Labute approximate surface area is 180 Å². The van der Waals surface area contributed by atoms with E-state index in [-0.39, 0.29) is 16.8 Å². The first-order valence-corrected chi connectivity index (χ1v) is 9.85. The number of benzene rings is 2. The average molecular weight is 424 g/mol. The molecule has 0 aliphatic heterocycles. The molecule has 0 radical (unpaired) electrons. The summed E-state index contributed by atoms with van der Waals surface area (Å²) in [5.74, 6) is -1.52. The lowest BCUT2D eigenvalue weighted by Crippen LogP contribution is -2.22. The van der Waals surface area contributed by atoms with Crippen molar-refractivity contribution in [1.82, 2.24) is 9.78 Å². The summed E-state index contributed by atoms with van der Waals surface area (Å²) in [6.07, 6.45) is 1.66. The number of halogens is 1. The van der Waals surface area contributed by atoms with E-state index >= 15 is 0 Å². The number of rotatable bonds is 6. The predicted molar refractivity (Wildman–Crippen MR) is 117 cm³/mol. The third-order valence-electron chi connectivity index (χ3n) is 4.58. The van der Waals surface area contributed by atoms with Gasteiger partial charge in [0.1, 0.15) is 17.3 Å². The summed E-state index contributed by atoms with van der Waals surface area (Å²) in [4.78, 5) is 24.6. The molecule has 0 unspecified atom stereocenters. The largest absolute Gasteiger partial charge is 0.493 e. The third kappa shape index (κ3) is 4.74. The van der Waals surface area contributed by atoms with Crippen molar-refractivity contribution in [2.75, 3.05) is 11.9 Å². The van der Waals surface area contributed by atoms with E-state index in [4.69, 9.17) is 10.5 Å². The molecule has 0 saturated heterocycles. The van der Waals surface area contributed by atoms with Crippen molar-refractivity contribution >= 4 is 17.5 Å². The van der Waals surface area contributed by atoms with Crippen LogP contribution in [0, 0.1) is 5.82 Å². The Morgan fingerprint density at radius 3 is 2.52 bits per heavy atom. The van der Waals surface area contributed by atoms with Gasteiger partial charge in [0.15, 0.2) is 0 Å². The number of nitrogens with two attached hydrogens (primary N) is 1. The zero-order valence-corrected chi connectivity index (χ0v) is 17.9. The average Bonchev–Trinajstić information content (AvgIpc) is 3.16. The smallest absolute Gasteiger partial charge is 0.259 e. The second-order valence-electron chi connectivity index (χ2n) is 7.95. The molecule has 8 heteroatoms. The Kier molecular flexibility index (Phi) is 6.10. The van der Waals surface area contributed by atoms with Crippen molar-refractivity contribution in [2.45, 2.75) is 33.2 Å². The van der Waals surface area contributed by atoms with Crippen LogP contribution in [0.4, 0.5) is 10.1 Å². The summed E-state index contributed by atoms with van der Waals surface area (Å²) in [7, 11) is 0. The van der Waals surface area contributed by atoms with E-state index in [2.05, 4.69) is 10.4 Å². The van der Waals surface area contributed by atoms with Crippen molar-refractivity contribution in [3.05, 3.63) is 65.6 Å². The molecule has 2 amide bonds. The standard InChI is InChI=1S/C23H25FN4O3/c1-5-31-19-9-7-6-8-15(19)20-17(13-28(27-20)23(2,3)4)22(30)26-14-10-11-18(24)16(12-14)21(25)29/h6-13H,5H2,1-4H3,(H2,25,29)(H,26,30). The Morgan fingerprint density at radius 2 is 1.87 bits per heavy atom. The Morgan fingerprint density at radius 1 is 1.16 bits per heavy atom. The van der Waals surface area contributed by atoms with Gasteiger partial charge in [-0.1, -0.05) is 12.1 Å². The summed E-state index contributed by atoms with van der Waals surface area (Å²) < 4.78 is 21.2. The minimum absolute atomic E-state index is 0.243. The van der Waals surface area contributed by atoms with Crippen molar-refractivity contribution < 1.29 is 18.7 Å². The number of hydrogen-bond donors (Lipinski definition) is 2. The number of carbonyl (C=O) groups is 2. The highest BCUT2D eigenvalue weighted by Gasteiger charge is 2.25. The summed E-state index contributed by atoms with van der Waals surface area (Å²) in [6, 6.07) is 11.0. The van der Waals surface area contributed by atoms with E-state index in [9.17, 15) is 14.0 Å². The van der Waals surface area contributed by atoms with Crippen molar-refractivity contribution in [3.8, 4) is 17.0 Å². The molecule has 0 bridgehead atoms. The van der Waals surface area contributed by atoms with E-state index < -0.39 is 17.6 Å². The molecular formula is C23H25FN4O3. The topological polar surface area (TPSA) is 99.2 Å². The van der Waals surface area contributed by atoms with Crippen molar-refractivity contribution in [1.29, 1.82) is 0 Å². The van der Waals surface area contributed by atoms with Gasteiger partial charge < -0.3 is 15.8 Å². The molecule has 3 rings (SSSR count). The molecule has 0 saturated carbocycles. The Balaban J connectivity index is 2.06. The van der Waals surface area contributed by atoms with Crippen LogP contribution in [0.3, 0.4) is 0 Å². The van der Waals surface area contributed by atoms with Gasteiger partial charge in [-0.05, 0) is 58.0 Å². The molecule has 31 heavy (non-hydrogen) atoms. The van der Waals surface area contributed by atoms with Crippen molar-refractivity contribution in [2.24, 2.45) is 5.73 Å². The fourth-order valence-electron chi connectivity index (χ4n) is 3.02. The van der Waals surface area contributed by atoms with Crippen LogP contribution < -0.4 is 15.8 Å². The molecule has 2 aromatic carbocycles. The number of nitrogens with zero attached hydrogens (tertiary/aromatic N) is 2. The van der Waals surface area contributed by atoms with Gasteiger partial charge in [0.25, 0.3) is 11.8 Å². The summed E-state index contributed by atoms with van der Waals surface area (Å²) >= 11 is 0. The van der Waals surface area contributed by atoms with Gasteiger partial charge >= 0.3 is 0 Å². The number of aromatic nitrogens is 2. The molecule has 0 aliphatic rings. The maximum absolute atomic E-state index is 13.8. The molecule has 3 N–H and O–H groups in total. The highest BCUT2D eigenvalue weighted by Crippen LogP contribution is 2.33. The second-order valence-corrected chi connectivity index (χ2v) is 7.95. The number of para-hydroxylation sites is 1. The Hall–Kier alpha value is -3.68. The van der Waals surface area contributed by atoms with Crippen molar-refractivity contribution in [3.63, 3.8) is 0 Å². The van der Waals surface area contributed by atoms with E-state index in [1.807, 2.05) is 52.0 Å². The number of ether oxygens (including phenoxy) is 1. The molecule has 0 aliphatic carbocycles. The minimum Gasteiger partial charge on any atom is -0.493 e. The predicted octanol–water partition coefficient (Wildman–Crippen LogP) is 4.19. The molecule has 0 fully saturated rings. The first-order chi connectivity index (χ1) is 14.6. The number of amides is 2. The zero-order chi connectivity index (χ0) is 22.8. The maximum Gasteiger partial charge on any atom is 0.259 e. The Bertz CT molecular complexity index is 1130. The number of hydrogen-bond acceptors (Lipinski definition) is 4. The van der Waals surface area contributed by atoms with Crippen LogP contribution >= 0.6 is 0 Å². The SMILES string of the molecule is CCOc1ccccc1-c1nn(C(C)(C)C)cc1C(=O)Nc1ccc(F)c(C(N)=O)c1. The van der Waals surface area contributed by atoms with Crippen LogP contribution in [0.15, 0.2) is 48.7 Å². The summed E-state index contributed by atoms with van der Waals surface area (Å²) in [5, 5.41) is 7.36. The number of carbonyl (C=O) groups excluding carboxylic acids is 2. The van der Waals surface area contributed by atoms with Gasteiger partial charge in [-0.15, -0.1) is 0 Å². The van der Waals surface area contributed by atoms with E-state index in [1.165, 1.54) is 12.1 Å². The van der Waals surface area contributed by atoms with E-state index in [0.717, 1.165) is 6.07 Å². The van der Waals surface area contributed by atoms with Gasteiger partial charge in [-0.2, -0.15) is 5.10 Å². The molecule has 7 nitrogen and oxygen atoms in total. The molecule has 1 heterocycles. The highest BCUT2D eigenvalue weighted by molar-refractivity contribution is 6.08. The summed E-state index contributed by atoms with van der Waals surface area (Å²) in [5.41, 5.74) is 6.21. The molecule has 3 aromatic rings. The van der Waals surface area contributed by atoms with Crippen LogP contribution in [-0.2, 0) is 5.54 Å². The van der Waals surface area contributed by atoms with Crippen LogP contribution in [0.25, 0.3) is 11.3 Å². The van der Waals surface area contributed by atoms with E-state index in [1.54, 1.807) is 10.9 Å². The highest BCUT2D eigenvalue weighted by atomic mass is 19.1. The monoisotopic (exact) mass is 424 g/mol. The first-order valence-electron chi connectivity index (χ1n) is 9.85. The molecule has 0 atom stereocenters. The van der Waals surface area contributed by atoms with Crippen LogP contribution in [-0.4, -0.2) is 28.2 Å². The minimum atomic E-state index is -0.916. The molecule has 1 aromatic heterocycles. The summed E-state index contributed by atoms with van der Waals surface area (Å²) in [6.45, 7) is 8.25. The fourth-order valence-corrected chi connectivity index (χ4v) is 3.02. The molecule has 0 spiro atoms. The first kappa shape index (κ1) is 22.0. The van der Waals surface area contributed by atoms with Gasteiger partial charge in [0, 0.05) is 17.4 Å². The van der Waals surface area contributed by atoms with Gasteiger partial charge in [-0.25, -0.2) is 4.39 Å². The second kappa shape index (κ2) is 8.59. The number of nitrogens with one attached hydrogen (secondary N) is 1. The van der Waals surface area contributed by atoms with Crippen LogP contribution in [0.5, 0.6) is 5.75 Å². The van der Waals surface area contributed by atoms with E-state index in [0.29, 0.717) is 29.2 Å². The van der Waals surface area contributed by atoms with Gasteiger partial charge in [0.2, 0.25) is 0 Å². The van der Waals surface area contributed by atoms with Crippen LogP contribution in [0.1, 0.15) is 48.4 Å². The lowest BCUT2D eigenvalue weighted by Gasteiger charge is -2.18. The lowest BCUT2D eigenvalue weighted by atomic mass is 10.1. The normalized spacial score (nSPS) is 11.3. The number of anilines is 1. The molecule has 162 valence electrons. The lowest BCUT2D eigenvalue weighted by molar-refractivity contribution is 0.0992. The van der Waals surface area contributed by atoms with Crippen LogP contribution in [0.2, 0.25) is 0 Å². The zero-order valence-electron chi connectivity index (χ0n) is 17.9. The van der Waals surface area contributed by atoms with Gasteiger partial charge in [-0.3, -0.25) is 14.3 Å². The number of primary amides is 1. The third-order valence-corrected chi connectivity index (χ3v) is 4.58. The molecular weight excluding hydrogens is 399 g/mol. The fraction of sp³-hybridized carbons (Fsp3) is 0.261.